The molecule has 0 aliphatic rings. The number of aryl methyl sites for hydroxylation is 2. The van der Waals surface area contributed by atoms with Crippen molar-refractivity contribution in [2.45, 2.75) is 52.6 Å². The molecule has 4 heteroatoms. The van der Waals surface area contributed by atoms with Crippen LogP contribution in [0.4, 0.5) is 13.2 Å². The number of unbranched alkanes of at least 4 members (excludes halogenated alkanes) is 2. The Hall–Kier alpha value is -3.53. The number of rotatable bonds is 10. The summed E-state index contributed by atoms with van der Waals surface area (Å²) in [5, 5.41) is 0. The molecule has 0 heterocycles. The largest absolute Gasteiger partial charge is 0.489 e. The number of hydrogen-bond donors (Lipinski definition) is 0. The zero-order valence-corrected chi connectivity index (χ0v) is 20.7. The van der Waals surface area contributed by atoms with Crippen LogP contribution in [-0.4, -0.2) is 0 Å². The van der Waals surface area contributed by atoms with Crippen LogP contribution in [0.5, 0.6) is 5.75 Å². The van der Waals surface area contributed by atoms with Crippen molar-refractivity contribution >= 4 is 0 Å². The Morgan fingerprint density at radius 1 is 0.694 bits per heavy atom. The van der Waals surface area contributed by atoms with Gasteiger partial charge in [-0.15, -0.1) is 0 Å². The standard InChI is InChI=1S/C32H31F3O/c1-3-4-5-6-23-8-10-24(11-9-23)21-36-28-18-16-26(17-19-28)25-12-14-27(15-13-25)29-20-7-22(2)30(31(29)33)32(34)35/h7-20,32H,3-6,21H2,1-2H3. The summed E-state index contributed by atoms with van der Waals surface area (Å²) in [4.78, 5) is 0. The normalized spacial score (nSPS) is 11.2. The van der Waals surface area contributed by atoms with Gasteiger partial charge in [-0.3, -0.25) is 0 Å². The second-order valence-electron chi connectivity index (χ2n) is 9.12. The minimum absolute atomic E-state index is 0.181. The lowest BCUT2D eigenvalue weighted by molar-refractivity contribution is 0.145. The molecular formula is C32H31F3O. The van der Waals surface area contributed by atoms with Crippen LogP contribution in [0, 0.1) is 12.7 Å². The van der Waals surface area contributed by atoms with E-state index in [1.807, 2.05) is 36.4 Å². The first-order chi connectivity index (χ1) is 17.5. The SMILES string of the molecule is CCCCCc1ccc(COc2ccc(-c3ccc(-c4ccc(C)c(C(F)F)c4F)cc3)cc2)cc1. The van der Waals surface area contributed by atoms with Crippen molar-refractivity contribution in [1.29, 1.82) is 0 Å². The van der Waals surface area contributed by atoms with E-state index in [1.165, 1.54) is 37.8 Å². The van der Waals surface area contributed by atoms with E-state index in [1.54, 1.807) is 18.2 Å². The Kier molecular flexibility index (Phi) is 8.48. The molecule has 0 unspecified atom stereocenters. The lowest BCUT2D eigenvalue weighted by Gasteiger charge is -2.12. The summed E-state index contributed by atoms with van der Waals surface area (Å²) in [7, 11) is 0. The van der Waals surface area contributed by atoms with Gasteiger partial charge < -0.3 is 4.74 Å². The van der Waals surface area contributed by atoms with Crippen molar-refractivity contribution in [3.05, 3.63) is 113 Å². The van der Waals surface area contributed by atoms with Crippen LogP contribution in [-0.2, 0) is 13.0 Å². The lowest BCUT2D eigenvalue weighted by Crippen LogP contribution is -1.98. The zero-order chi connectivity index (χ0) is 25.5. The fraction of sp³-hybridized carbons (Fsp3) is 0.250. The molecule has 0 aliphatic carbocycles. The molecule has 4 aromatic carbocycles. The fourth-order valence-corrected chi connectivity index (χ4v) is 4.31. The molecule has 0 spiro atoms. The van der Waals surface area contributed by atoms with Crippen molar-refractivity contribution in [3.63, 3.8) is 0 Å². The van der Waals surface area contributed by atoms with Crippen LogP contribution >= 0.6 is 0 Å². The second kappa shape index (κ2) is 11.9. The molecule has 0 aliphatic heterocycles. The molecule has 0 saturated heterocycles. The summed E-state index contributed by atoms with van der Waals surface area (Å²) in [6, 6.07) is 26.8. The first-order valence-corrected chi connectivity index (χ1v) is 12.4. The molecule has 186 valence electrons. The fourth-order valence-electron chi connectivity index (χ4n) is 4.31. The van der Waals surface area contributed by atoms with Crippen LogP contribution in [0.15, 0.2) is 84.9 Å². The van der Waals surface area contributed by atoms with Crippen LogP contribution in [0.1, 0.15) is 54.9 Å². The van der Waals surface area contributed by atoms with Gasteiger partial charge in [-0.1, -0.05) is 92.6 Å². The van der Waals surface area contributed by atoms with E-state index in [9.17, 15) is 13.2 Å². The minimum Gasteiger partial charge on any atom is -0.489 e. The summed E-state index contributed by atoms with van der Waals surface area (Å²) in [6.45, 7) is 4.22. The van der Waals surface area contributed by atoms with Gasteiger partial charge in [0.2, 0.25) is 0 Å². The van der Waals surface area contributed by atoms with E-state index in [2.05, 4.69) is 31.2 Å². The van der Waals surface area contributed by atoms with Crippen LogP contribution in [0.2, 0.25) is 0 Å². The molecular weight excluding hydrogens is 457 g/mol. The van der Waals surface area contributed by atoms with Crippen molar-refractivity contribution in [2.75, 3.05) is 0 Å². The Morgan fingerprint density at radius 3 is 1.89 bits per heavy atom. The number of ether oxygens (including phenoxy) is 1. The van der Waals surface area contributed by atoms with Gasteiger partial charge in [0.25, 0.3) is 6.43 Å². The molecule has 0 aromatic heterocycles. The average molecular weight is 489 g/mol. The Balaban J connectivity index is 1.39. The highest BCUT2D eigenvalue weighted by molar-refractivity contribution is 5.71. The van der Waals surface area contributed by atoms with Crippen LogP contribution in [0.25, 0.3) is 22.3 Å². The van der Waals surface area contributed by atoms with Gasteiger partial charge in [0.15, 0.2) is 0 Å². The highest BCUT2D eigenvalue weighted by Crippen LogP contribution is 2.34. The third-order valence-electron chi connectivity index (χ3n) is 6.50. The number of alkyl halides is 2. The summed E-state index contributed by atoms with van der Waals surface area (Å²) in [6.07, 6.45) is 1.99. The van der Waals surface area contributed by atoms with Crippen molar-refractivity contribution in [2.24, 2.45) is 0 Å². The Labute approximate surface area is 211 Å². The van der Waals surface area contributed by atoms with E-state index < -0.39 is 17.8 Å². The molecule has 1 nitrogen and oxygen atoms in total. The molecule has 0 amide bonds. The maximum Gasteiger partial charge on any atom is 0.266 e. The van der Waals surface area contributed by atoms with Gasteiger partial charge in [0.05, 0.1) is 5.56 Å². The van der Waals surface area contributed by atoms with E-state index in [4.69, 9.17) is 4.74 Å². The quantitative estimate of drug-likeness (QED) is 0.202. The van der Waals surface area contributed by atoms with Gasteiger partial charge in [-0.2, -0.15) is 0 Å². The highest BCUT2D eigenvalue weighted by atomic mass is 19.3. The molecule has 4 rings (SSSR count). The van der Waals surface area contributed by atoms with Gasteiger partial charge in [0, 0.05) is 5.56 Å². The Morgan fingerprint density at radius 2 is 1.28 bits per heavy atom. The summed E-state index contributed by atoms with van der Waals surface area (Å²) < 4.78 is 47.2. The molecule has 0 saturated carbocycles. The number of hydrogen-bond acceptors (Lipinski definition) is 1. The first kappa shape index (κ1) is 25.6. The van der Waals surface area contributed by atoms with E-state index in [0.717, 1.165) is 28.9 Å². The third kappa shape index (κ3) is 6.17. The van der Waals surface area contributed by atoms with Gasteiger partial charge >= 0.3 is 0 Å². The highest BCUT2D eigenvalue weighted by Gasteiger charge is 2.20. The van der Waals surface area contributed by atoms with Crippen LogP contribution < -0.4 is 4.74 Å². The van der Waals surface area contributed by atoms with Crippen molar-refractivity contribution < 1.29 is 17.9 Å². The molecule has 0 radical (unpaired) electrons. The molecule has 0 atom stereocenters. The van der Waals surface area contributed by atoms with Gasteiger partial charge in [-0.05, 0) is 65.3 Å². The molecule has 0 fully saturated rings. The van der Waals surface area contributed by atoms with Crippen molar-refractivity contribution in [3.8, 4) is 28.0 Å². The average Bonchev–Trinajstić information content (AvgIpc) is 2.89. The summed E-state index contributed by atoms with van der Waals surface area (Å²) in [5.41, 5.74) is 4.90. The summed E-state index contributed by atoms with van der Waals surface area (Å²) in [5.74, 6) is -0.0750. The molecule has 0 bridgehead atoms. The smallest absolute Gasteiger partial charge is 0.266 e. The number of halogens is 3. The molecule has 36 heavy (non-hydrogen) atoms. The van der Waals surface area contributed by atoms with Gasteiger partial charge in [0.1, 0.15) is 18.2 Å². The molecule has 4 aromatic rings. The zero-order valence-electron chi connectivity index (χ0n) is 20.7. The van der Waals surface area contributed by atoms with E-state index in [-0.39, 0.29) is 11.1 Å². The molecule has 0 N–H and O–H groups in total. The number of benzene rings is 4. The second-order valence-corrected chi connectivity index (χ2v) is 9.12. The van der Waals surface area contributed by atoms with Gasteiger partial charge in [-0.25, -0.2) is 13.2 Å². The third-order valence-corrected chi connectivity index (χ3v) is 6.50. The topological polar surface area (TPSA) is 9.23 Å². The van der Waals surface area contributed by atoms with E-state index in [0.29, 0.717) is 12.2 Å². The summed E-state index contributed by atoms with van der Waals surface area (Å²) >= 11 is 0. The predicted molar refractivity (Wildman–Crippen MR) is 141 cm³/mol. The minimum atomic E-state index is -2.85. The first-order valence-electron chi connectivity index (χ1n) is 12.4. The maximum atomic E-state index is 14.7. The van der Waals surface area contributed by atoms with Crippen LogP contribution in [0.3, 0.4) is 0 Å². The monoisotopic (exact) mass is 488 g/mol. The van der Waals surface area contributed by atoms with E-state index >= 15 is 0 Å². The maximum absolute atomic E-state index is 14.7. The van der Waals surface area contributed by atoms with Crippen molar-refractivity contribution in [1.82, 2.24) is 0 Å². The predicted octanol–water partition coefficient (Wildman–Crippen LogP) is 9.72. The Bertz CT molecular complexity index is 1260. The lowest BCUT2D eigenvalue weighted by atomic mass is 9.96.